The van der Waals surface area contributed by atoms with E-state index in [1.807, 2.05) is 26.0 Å². The lowest BCUT2D eigenvalue weighted by Crippen LogP contribution is -2.42. The van der Waals surface area contributed by atoms with Crippen LogP contribution in [-0.4, -0.2) is 32.5 Å². The largest absolute Gasteiger partial charge is 0.387 e. The van der Waals surface area contributed by atoms with Crippen LogP contribution in [0.4, 0.5) is 5.69 Å². The Bertz CT molecular complexity index is 1110. The predicted octanol–water partition coefficient (Wildman–Crippen LogP) is 3.35. The van der Waals surface area contributed by atoms with E-state index in [1.165, 1.54) is 12.1 Å². The minimum absolute atomic E-state index is 0.0189. The zero-order chi connectivity index (χ0) is 22.4. The summed E-state index contributed by atoms with van der Waals surface area (Å²) in [6.45, 7) is 3.33. The van der Waals surface area contributed by atoms with E-state index in [4.69, 9.17) is 0 Å². The van der Waals surface area contributed by atoms with Crippen LogP contribution in [0.25, 0.3) is 0 Å². The highest BCUT2D eigenvalue weighted by atomic mass is 32.2. The first-order chi connectivity index (χ1) is 14.8. The average molecular weight is 439 g/mol. The van der Waals surface area contributed by atoms with Gasteiger partial charge in [-0.15, -0.1) is 0 Å². The first-order valence-electron chi connectivity index (χ1n) is 9.93. The van der Waals surface area contributed by atoms with Gasteiger partial charge in [-0.05, 0) is 54.8 Å². The van der Waals surface area contributed by atoms with Crippen LogP contribution in [0.15, 0.2) is 83.8 Å². The van der Waals surface area contributed by atoms with E-state index in [2.05, 4.69) is 5.32 Å². The van der Waals surface area contributed by atoms with E-state index < -0.39 is 28.6 Å². The van der Waals surface area contributed by atoms with Gasteiger partial charge in [-0.25, -0.2) is 8.42 Å². The number of anilines is 1. The van der Waals surface area contributed by atoms with Crippen LogP contribution >= 0.6 is 0 Å². The van der Waals surface area contributed by atoms with Crippen molar-refractivity contribution in [1.29, 1.82) is 0 Å². The van der Waals surface area contributed by atoms with Gasteiger partial charge in [0.2, 0.25) is 5.91 Å². The van der Waals surface area contributed by atoms with Gasteiger partial charge >= 0.3 is 0 Å². The van der Waals surface area contributed by atoms with E-state index >= 15 is 0 Å². The van der Waals surface area contributed by atoms with Crippen molar-refractivity contribution in [1.82, 2.24) is 5.32 Å². The van der Waals surface area contributed by atoms with Crippen LogP contribution in [0, 0.1) is 13.8 Å². The third-order valence-corrected chi connectivity index (χ3v) is 6.58. The number of nitrogens with zero attached hydrogens (tertiary/aromatic N) is 1. The molecule has 3 aromatic rings. The van der Waals surface area contributed by atoms with Gasteiger partial charge in [0.1, 0.15) is 6.54 Å². The van der Waals surface area contributed by atoms with Crippen LogP contribution in [0.3, 0.4) is 0 Å². The normalized spacial score (nSPS) is 12.2. The Kier molecular flexibility index (Phi) is 7.09. The number of carbonyl (C=O) groups is 1. The minimum Gasteiger partial charge on any atom is -0.387 e. The Balaban J connectivity index is 1.84. The number of rotatable bonds is 8. The molecule has 31 heavy (non-hydrogen) atoms. The molecule has 0 radical (unpaired) electrons. The summed E-state index contributed by atoms with van der Waals surface area (Å²) in [7, 11) is -3.96. The molecule has 1 amide bonds. The number of sulfonamides is 1. The molecular weight excluding hydrogens is 412 g/mol. The van der Waals surface area contributed by atoms with Gasteiger partial charge in [0.05, 0.1) is 16.7 Å². The number of hydrogen-bond donors (Lipinski definition) is 2. The van der Waals surface area contributed by atoms with Crippen molar-refractivity contribution in [3.8, 4) is 0 Å². The Labute approximate surface area is 183 Å². The number of aliphatic hydroxyl groups is 1. The van der Waals surface area contributed by atoms with E-state index in [9.17, 15) is 18.3 Å². The smallest absolute Gasteiger partial charge is 0.264 e. The first kappa shape index (κ1) is 22.5. The Hall–Kier alpha value is -3.16. The molecule has 6 nitrogen and oxygen atoms in total. The molecule has 7 heteroatoms. The molecule has 3 aromatic carbocycles. The molecule has 0 fully saturated rings. The summed E-state index contributed by atoms with van der Waals surface area (Å²) in [5.41, 5.74) is 2.87. The molecule has 0 aliphatic carbocycles. The quantitative estimate of drug-likeness (QED) is 0.565. The minimum atomic E-state index is -3.96. The maximum atomic E-state index is 13.3. The standard InChI is InChI=1S/C24H26N2O4S/c1-18-13-19(2)15-21(14-18)26(31(29,30)22-11-7-4-8-12-22)17-24(28)25-16-23(27)20-9-5-3-6-10-20/h3-15,23,27H,16-17H2,1-2H3,(H,25,28)/t23-/m0/s1. The molecule has 2 N–H and O–H groups in total. The number of aryl methyl sites for hydroxylation is 2. The van der Waals surface area contributed by atoms with Crippen LogP contribution < -0.4 is 9.62 Å². The zero-order valence-electron chi connectivity index (χ0n) is 17.5. The summed E-state index contributed by atoms with van der Waals surface area (Å²) < 4.78 is 27.8. The highest BCUT2D eigenvalue weighted by Gasteiger charge is 2.27. The molecule has 0 spiro atoms. The predicted molar refractivity (Wildman–Crippen MR) is 121 cm³/mol. The van der Waals surface area contributed by atoms with Gasteiger partial charge in [-0.3, -0.25) is 9.10 Å². The second kappa shape index (κ2) is 9.76. The van der Waals surface area contributed by atoms with Crippen molar-refractivity contribution >= 4 is 21.6 Å². The number of amides is 1. The van der Waals surface area contributed by atoms with Gasteiger partial charge in [-0.1, -0.05) is 54.6 Å². The van der Waals surface area contributed by atoms with Crippen LogP contribution in [0.5, 0.6) is 0 Å². The van der Waals surface area contributed by atoms with Crippen molar-refractivity contribution in [3.63, 3.8) is 0 Å². The fourth-order valence-corrected chi connectivity index (χ4v) is 4.74. The first-order valence-corrected chi connectivity index (χ1v) is 11.4. The highest BCUT2D eigenvalue weighted by molar-refractivity contribution is 7.92. The average Bonchev–Trinajstić information content (AvgIpc) is 2.76. The molecule has 0 heterocycles. The van der Waals surface area contributed by atoms with Gasteiger partial charge in [0.25, 0.3) is 10.0 Å². The molecular formula is C24H26N2O4S. The summed E-state index contributed by atoms with van der Waals surface area (Å²) in [5, 5.41) is 12.9. The molecule has 0 aliphatic heterocycles. The van der Waals surface area contributed by atoms with E-state index in [0.717, 1.165) is 15.4 Å². The fraction of sp³-hybridized carbons (Fsp3) is 0.208. The third-order valence-electron chi connectivity index (χ3n) is 4.79. The number of benzene rings is 3. The second-order valence-corrected chi connectivity index (χ2v) is 9.26. The Morgan fingerprint density at radius 2 is 1.48 bits per heavy atom. The van der Waals surface area contributed by atoms with Gasteiger partial charge in [0, 0.05) is 6.54 Å². The molecule has 0 saturated heterocycles. The number of aliphatic hydroxyl groups excluding tert-OH is 1. The molecule has 0 aromatic heterocycles. The summed E-state index contributed by atoms with van der Waals surface area (Å²) in [5.74, 6) is -0.506. The van der Waals surface area contributed by atoms with Gasteiger partial charge < -0.3 is 10.4 Å². The van der Waals surface area contributed by atoms with Gasteiger partial charge in [0.15, 0.2) is 0 Å². The van der Waals surface area contributed by atoms with Crippen LogP contribution in [-0.2, 0) is 14.8 Å². The zero-order valence-corrected chi connectivity index (χ0v) is 18.3. The lowest BCUT2D eigenvalue weighted by molar-refractivity contribution is -0.120. The topological polar surface area (TPSA) is 86.7 Å². The number of carbonyl (C=O) groups excluding carboxylic acids is 1. The lowest BCUT2D eigenvalue weighted by atomic mass is 10.1. The molecule has 0 bridgehead atoms. The van der Waals surface area contributed by atoms with Crippen molar-refractivity contribution in [3.05, 3.63) is 95.6 Å². The van der Waals surface area contributed by atoms with Crippen molar-refractivity contribution in [2.75, 3.05) is 17.4 Å². The van der Waals surface area contributed by atoms with Crippen LogP contribution in [0.1, 0.15) is 22.8 Å². The van der Waals surface area contributed by atoms with E-state index in [0.29, 0.717) is 11.3 Å². The van der Waals surface area contributed by atoms with Crippen molar-refractivity contribution in [2.24, 2.45) is 0 Å². The lowest BCUT2D eigenvalue weighted by Gasteiger charge is -2.25. The fourth-order valence-electron chi connectivity index (χ4n) is 3.32. The molecule has 0 saturated carbocycles. The number of nitrogens with one attached hydrogen (secondary N) is 1. The Morgan fingerprint density at radius 3 is 2.06 bits per heavy atom. The molecule has 162 valence electrons. The molecule has 1 atom stereocenters. The molecule has 0 aliphatic rings. The third kappa shape index (κ3) is 5.71. The summed E-state index contributed by atoms with van der Waals surface area (Å²) in [4.78, 5) is 12.8. The highest BCUT2D eigenvalue weighted by Crippen LogP contribution is 2.25. The summed E-state index contributed by atoms with van der Waals surface area (Å²) in [6, 6.07) is 22.4. The second-order valence-electron chi connectivity index (χ2n) is 7.40. The van der Waals surface area contributed by atoms with Crippen molar-refractivity contribution in [2.45, 2.75) is 24.8 Å². The van der Waals surface area contributed by atoms with Gasteiger partial charge in [-0.2, -0.15) is 0 Å². The summed E-state index contributed by atoms with van der Waals surface area (Å²) in [6.07, 6.45) is -0.884. The SMILES string of the molecule is Cc1cc(C)cc(N(CC(=O)NC[C@H](O)c2ccccc2)S(=O)(=O)c2ccccc2)c1. The number of hydrogen-bond acceptors (Lipinski definition) is 4. The summed E-state index contributed by atoms with van der Waals surface area (Å²) >= 11 is 0. The maximum Gasteiger partial charge on any atom is 0.264 e. The molecule has 0 unspecified atom stereocenters. The monoisotopic (exact) mass is 438 g/mol. The van der Waals surface area contributed by atoms with E-state index in [-0.39, 0.29) is 11.4 Å². The maximum absolute atomic E-state index is 13.3. The van der Waals surface area contributed by atoms with Crippen molar-refractivity contribution < 1.29 is 18.3 Å². The molecule has 3 rings (SSSR count). The van der Waals surface area contributed by atoms with E-state index in [1.54, 1.807) is 54.6 Å². The Morgan fingerprint density at radius 1 is 0.935 bits per heavy atom. The van der Waals surface area contributed by atoms with Crippen LogP contribution in [0.2, 0.25) is 0 Å².